The molecule has 19 heavy (non-hydrogen) atoms. The van der Waals surface area contributed by atoms with Crippen LogP contribution >= 0.6 is 0 Å². The fourth-order valence-corrected chi connectivity index (χ4v) is 2.52. The van der Waals surface area contributed by atoms with Gasteiger partial charge in [-0.15, -0.1) is 0 Å². The molecule has 2 rings (SSSR count). The highest BCUT2D eigenvalue weighted by molar-refractivity contribution is 5.77. The van der Waals surface area contributed by atoms with Crippen molar-refractivity contribution in [3.8, 4) is 0 Å². The number of carbonyl (C=O) groups excluding carboxylic acids is 1. The Hall–Kier alpha value is -1.55. The molecule has 1 fully saturated rings. The highest BCUT2D eigenvalue weighted by Gasteiger charge is 2.37. The van der Waals surface area contributed by atoms with Gasteiger partial charge in [0, 0.05) is 26.2 Å². The van der Waals surface area contributed by atoms with Gasteiger partial charge in [-0.1, -0.05) is 31.2 Å². The maximum Gasteiger partial charge on any atom is 0.320 e. The zero-order chi connectivity index (χ0) is 14.0. The van der Waals surface area contributed by atoms with Crippen LogP contribution in [-0.4, -0.2) is 42.0 Å². The predicted octanol–water partition coefficient (Wildman–Crippen LogP) is 2.00. The predicted molar refractivity (Wildman–Crippen MR) is 76.9 cm³/mol. The van der Waals surface area contributed by atoms with Crippen molar-refractivity contribution in [2.75, 3.05) is 20.1 Å². The zero-order valence-corrected chi connectivity index (χ0v) is 12.0. The largest absolute Gasteiger partial charge is 0.328 e. The molecule has 0 bridgehead atoms. The van der Waals surface area contributed by atoms with Crippen molar-refractivity contribution in [1.82, 2.24) is 9.80 Å². The van der Waals surface area contributed by atoms with E-state index in [1.807, 2.05) is 23.8 Å². The molecule has 1 aromatic carbocycles. The lowest BCUT2D eigenvalue weighted by atomic mass is 10.0. The molecule has 4 nitrogen and oxygen atoms in total. The van der Waals surface area contributed by atoms with Crippen molar-refractivity contribution >= 4 is 6.03 Å². The van der Waals surface area contributed by atoms with Crippen LogP contribution in [0.3, 0.4) is 0 Å². The first-order chi connectivity index (χ1) is 9.08. The fraction of sp³-hybridized carbons (Fsp3) is 0.533. The molecule has 1 aliphatic rings. The molecule has 2 atom stereocenters. The summed E-state index contributed by atoms with van der Waals surface area (Å²) < 4.78 is 0. The molecule has 2 amide bonds. The van der Waals surface area contributed by atoms with Crippen LogP contribution in [0.4, 0.5) is 4.79 Å². The molecule has 1 saturated heterocycles. The minimum absolute atomic E-state index is 0.0718. The smallest absolute Gasteiger partial charge is 0.320 e. The lowest BCUT2D eigenvalue weighted by Gasteiger charge is -2.21. The zero-order valence-electron chi connectivity index (χ0n) is 12.0. The molecule has 1 aliphatic heterocycles. The first kappa shape index (κ1) is 13.9. The number of hydrogen-bond donors (Lipinski definition) is 1. The van der Waals surface area contributed by atoms with E-state index in [2.05, 4.69) is 31.2 Å². The molecular formula is C15H23N3O. The Labute approximate surface area is 115 Å². The second-order valence-corrected chi connectivity index (χ2v) is 5.24. The highest BCUT2D eigenvalue weighted by atomic mass is 16.2. The Morgan fingerprint density at radius 3 is 2.53 bits per heavy atom. The van der Waals surface area contributed by atoms with Gasteiger partial charge in [0.1, 0.15) is 0 Å². The number of nitrogens with two attached hydrogens (primary N) is 1. The summed E-state index contributed by atoms with van der Waals surface area (Å²) in [5, 5.41) is 0. The summed E-state index contributed by atoms with van der Waals surface area (Å²) in [6, 6.07) is 8.84. The van der Waals surface area contributed by atoms with Gasteiger partial charge >= 0.3 is 6.03 Å². The van der Waals surface area contributed by atoms with E-state index in [0.29, 0.717) is 6.54 Å². The molecule has 0 radical (unpaired) electrons. The van der Waals surface area contributed by atoms with Gasteiger partial charge in [0.2, 0.25) is 0 Å². The van der Waals surface area contributed by atoms with Crippen LogP contribution in [-0.2, 0) is 6.42 Å². The van der Waals surface area contributed by atoms with Crippen LogP contribution in [0.5, 0.6) is 0 Å². The van der Waals surface area contributed by atoms with Crippen LogP contribution < -0.4 is 5.73 Å². The number of rotatable bonds is 4. The molecule has 0 aliphatic carbocycles. The summed E-state index contributed by atoms with van der Waals surface area (Å²) in [6.07, 6.45) is 1.04. The molecule has 1 aromatic rings. The van der Waals surface area contributed by atoms with E-state index in [0.717, 1.165) is 13.0 Å². The summed E-state index contributed by atoms with van der Waals surface area (Å²) in [4.78, 5) is 15.9. The maximum atomic E-state index is 12.2. The molecular weight excluding hydrogens is 238 g/mol. The Morgan fingerprint density at radius 1 is 1.37 bits per heavy atom. The van der Waals surface area contributed by atoms with Crippen molar-refractivity contribution in [3.63, 3.8) is 0 Å². The van der Waals surface area contributed by atoms with Crippen LogP contribution in [0.2, 0.25) is 0 Å². The van der Waals surface area contributed by atoms with Gasteiger partial charge in [0.15, 0.2) is 0 Å². The summed E-state index contributed by atoms with van der Waals surface area (Å²) in [7, 11) is 1.87. The third kappa shape index (κ3) is 2.59. The van der Waals surface area contributed by atoms with Crippen molar-refractivity contribution in [2.24, 2.45) is 5.73 Å². The van der Waals surface area contributed by atoms with Crippen LogP contribution in [0.1, 0.15) is 31.0 Å². The molecule has 0 aromatic heterocycles. The summed E-state index contributed by atoms with van der Waals surface area (Å²) in [6.45, 7) is 5.36. The van der Waals surface area contributed by atoms with Crippen LogP contribution in [0.15, 0.2) is 24.3 Å². The Bertz CT molecular complexity index is 443. The summed E-state index contributed by atoms with van der Waals surface area (Å²) >= 11 is 0. The van der Waals surface area contributed by atoms with Crippen LogP contribution in [0.25, 0.3) is 0 Å². The van der Waals surface area contributed by atoms with Crippen LogP contribution in [0, 0.1) is 0 Å². The molecule has 104 valence electrons. The van der Waals surface area contributed by atoms with Gasteiger partial charge in [-0.05, 0) is 24.5 Å². The normalized spacial score (nSPS) is 21.1. The number of benzene rings is 1. The fourth-order valence-electron chi connectivity index (χ4n) is 2.52. The topological polar surface area (TPSA) is 49.6 Å². The monoisotopic (exact) mass is 261 g/mol. The molecule has 2 unspecified atom stereocenters. The lowest BCUT2D eigenvalue weighted by Crippen LogP contribution is -2.40. The summed E-state index contributed by atoms with van der Waals surface area (Å²) in [5.41, 5.74) is 8.19. The standard InChI is InChI=1S/C15H23N3O/c1-4-12-5-7-13(8-6-12)14-10-18(11(2)9-16)15(19)17(14)3/h5-8,11,14H,4,9-10,16H2,1-3H3. The quantitative estimate of drug-likeness (QED) is 0.901. The van der Waals surface area contributed by atoms with Crippen molar-refractivity contribution in [3.05, 3.63) is 35.4 Å². The lowest BCUT2D eigenvalue weighted by molar-refractivity contribution is 0.185. The molecule has 0 saturated carbocycles. The van der Waals surface area contributed by atoms with E-state index in [1.54, 1.807) is 0 Å². The number of amides is 2. The number of likely N-dealkylation sites (N-methyl/N-ethyl adjacent to an activating group) is 1. The van der Waals surface area contributed by atoms with Gasteiger partial charge in [-0.3, -0.25) is 0 Å². The Morgan fingerprint density at radius 2 is 2.00 bits per heavy atom. The van der Waals surface area contributed by atoms with E-state index in [9.17, 15) is 4.79 Å². The molecule has 1 heterocycles. The van der Waals surface area contributed by atoms with E-state index in [-0.39, 0.29) is 18.1 Å². The SMILES string of the molecule is CCc1ccc(C2CN(C(C)CN)C(=O)N2C)cc1. The Kier molecular flexibility index (Phi) is 4.10. The van der Waals surface area contributed by atoms with Gasteiger partial charge in [-0.2, -0.15) is 0 Å². The third-order valence-corrected chi connectivity index (χ3v) is 4.03. The second-order valence-electron chi connectivity index (χ2n) is 5.24. The van der Waals surface area contributed by atoms with E-state index >= 15 is 0 Å². The van der Waals surface area contributed by atoms with E-state index in [4.69, 9.17) is 5.73 Å². The van der Waals surface area contributed by atoms with Gasteiger partial charge < -0.3 is 15.5 Å². The average Bonchev–Trinajstić information content (AvgIpc) is 2.75. The molecule has 2 N–H and O–H groups in total. The number of nitrogens with zero attached hydrogens (tertiary/aromatic N) is 2. The van der Waals surface area contributed by atoms with E-state index in [1.165, 1.54) is 11.1 Å². The molecule has 4 heteroatoms. The summed E-state index contributed by atoms with van der Waals surface area (Å²) in [5.74, 6) is 0. The first-order valence-electron chi connectivity index (χ1n) is 6.90. The van der Waals surface area contributed by atoms with Gasteiger partial charge in [0.25, 0.3) is 0 Å². The van der Waals surface area contributed by atoms with Gasteiger partial charge in [-0.25, -0.2) is 4.79 Å². The second kappa shape index (κ2) is 5.61. The third-order valence-electron chi connectivity index (χ3n) is 4.03. The van der Waals surface area contributed by atoms with Crippen molar-refractivity contribution in [1.29, 1.82) is 0 Å². The number of carbonyl (C=O) groups is 1. The minimum Gasteiger partial charge on any atom is -0.328 e. The van der Waals surface area contributed by atoms with E-state index < -0.39 is 0 Å². The number of urea groups is 1. The average molecular weight is 261 g/mol. The highest BCUT2D eigenvalue weighted by Crippen LogP contribution is 2.29. The van der Waals surface area contributed by atoms with Crippen molar-refractivity contribution < 1.29 is 4.79 Å². The van der Waals surface area contributed by atoms with Crippen molar-refractivity contribution in [2.45, 2.75) is 32.4 Å². The van der Waals surface area contributed by atoms with Gasteiger partial charge in [0.05, 0.1) is 6.04 Å². The first-order valence-corrected chi connectivity index (χ1v) is 6.90. The maximum absolute atomic E-state index is 12.2. The minimum atomic E-state index is 0.0718. The Balaban J connectivity index is 2.18. The molecule has 0 spiro atoms. The number of hydrogen-bond acceptors (Lipinski definition) is 2. The number of aryl methyl sites for hydroxylation is 1.